The van der Waals surface area contributed by atoms with Crippen molar-refractivity contribution in [1.29, 1.82) is 0 Å². The number of nitrogens with one attached hydrogen (secondary N) is 1. The molecule has 1 aliphatic carbocycles. The molecule has 1 aromatic heterocycles. The van der Waals surface area contributed by atoms with Crippen molar-refractivity contribution in [1.82, 2.24) is 9.55 Å². The summed E-state index contributed by atoms with van der Waals surface area (Å²) in [6.07, 6.45) is -0.797. The van der Waals surface area contributed by atoms with E-state index in [1.165, 1.54) is 24.3 Å². The number of nitrogens with zero attached hydrogens (tertiary/aromatic N) is 2. The molecule has 0 unspecified atom stereocenters. The Morgan fingerprint density at radius 3 is 2.54 bits per heavy atom. The third-order valence-corrected chi connectivity index (χ3v) is 6.49. The Morgan fingerprint density at radius 2 is 1.91 bits per heavy atom. The second kappa shape index (κ2) is 9.43. The van der Waals surface area contributed by atoms with Crippen LogP contribution in [0.25, 0.3) is 11.0 Å². The number of alkyl halides is 3. The minimum absolute atomic E-state index is 0.175. The van der Waals surface area contributed by atoms with Crippen molar-refractivity contribution in [2.24, 2.45) is 17.1 Å². The first-order valence-corrected chi connectivity index (χ1v) is 11.8. The van der Waals surface area contributed by atoms with Crippen LogP contribution in [0.5, 0.6) is 5.75 Å². The van der Waals surface area contributed by atoms with E-state index in [9.17, 15) is 18.0 Å². The van der Waals surface area contributed by atoms with Crippen molar-refractivity contribution in [2.45, 2.75) is 65.3 Å². The standard InChI is InChI=1S/C26H31F3N4O2/c1-16-12-19(15-25(2,3)14-16)33-22-10-4-17(5-11-23(30)34)13-21(22)32-24(33)31-18-6-8-20(9-7-18)35-26(27,28)29/h4,6-10,13,16,19H,5,11-12,14-15H2,1-3H3,(H2,30,34)(H,31,32)/t16-,19+/m0/s1. The zero-order valence-electron chi connectivity index (χ0n) is 20.2. The second-order valence-corrected chi connectivity index (χ2v) is 10.4. The molecular weight excluding hydrogens is 457 g/mol. The number of amides is 1. The molecule has 1 amide bonds. The van der Waals surface area contributed by atoms with E-state index in [0.29, 0.717) is 24.0 Å². The number of hydrogen-bond donors (Lipinski definition) is 2. The molecule has 3 N–H and O–H groups in total. The number of hydrogen-bond acceptors (Lipinski definition) is 4. The molecule has 2 atom stereocenters. The lowest BCUT2D eigenvalue weighted by Crippen LogP contribution is -2.29. The van der Waals surface area contributed by atoms with Gasteiger partial charge in [-0.2, -0.15) is 0 Å². The van der Waals surface area contributed by atoms with Gasteiger partial charge in [0, 0.05) is 18.2 Å². The molecule has 35 heavy (non-hydrogen) atoms. The van der Waals surface area contributed by atoms with Crippen LogP contribution in [-0.4, -0.2) is 21.8 Å². The number of fused-ring (bicyclic) bond motifs is 1. The first-order chi connectivity index (χ1) is 16.4. The molecule has 0 bridgehead atoms. The Morgan fingerprint density at radius 1 is 1.20 bits per heavy atom. The summed E-state index contributed by atoms with van der Waals surface area (Å²) in [4.78, 5) is 16.1. The van der Waals surface area contributed by atoms with Crippen molar-refractivity contribution < 1.29 is 22.7 Å². The smallest absolute Gasteiger partial charge is 0.406 e. The summed E-state index contributed by atoms with van der Waals surface area (Å²) in [5, 5.41) is 3.30. The van der Waals surface area contributed by atoms with Gasteiger partial charge in [-0.15, -0.1) is 13.2 Å². The van der Waals surface area contributed by atoms with Gasteiger partial charge in [0.05, 0.1) is 11.0 Å². The van der Waals surface area contributed by atoms with Crippen LogP contribution in [0.4, 0.5) is 24.8 Å². The van der Waals surface area contributed by atoms with Gasteiger partial charge in [-0.05, 0) is 79.0 Å². The van der Waals surface area contributed by atoms with Gasteiger partial charge >= 0.3 is 6.36 Å². The highest BCUT2D eigenvalue weighted by molar-refractivity contribution is 5.81. The summed E-state index contributed by atoms with van der Waals surface area (Å²) in [5.41, 5.74) is 8.83. The Kier molecular flexibility index (Phi) is 6.71. The van der Waals surface area contributed by atoms with E-state index >= 15 is 0 Å². The van der Waals surface area contributed by atoms with Crippen molar-refractivity contribution in [3.8, 4) is 5.75 Å². The summed E-state index contributed by atoms with van der Waals surface area (Å²) in [5.74, 6) is 0.544. The molecule has 1 saturated carbocycles. The predicted molar refractivity (Wildman–Crippen MR) is 129 cm³/mol. The first-order valence-electron chi connectivity index (χ1n) is 11.8. The van der Waals surface area contributed by atoms with E-state index in [4.69, 9.17) is 10.7 Å². The van der Waals surface area contributed by atoms with Crippen molar-refractivity contribution >= 4 is 28.6 Å². The number of carbonyl (C=O) groups excluding carboxylic acids is 1. The van der Waals surface area contributed by atoms with Crippen LogP contribution in [0.15, 0.2) is 42.5 Å². The van der Waals surface area contributed by atoms with Crippen molar-refractivity contribution in [3.63, 3.8) is 0 Å². The van der Waals surface area contributed by atoms with Gasteiger partial charge in [-0.1, -0.05) is 26.8 Å². The number of carbonyl (C=O) groups is 1. The van der Waals surface area contributed by atoms with Gasteiger partial charge < -0.3 is 20.4 Å². The van der Waals surface area contributed by atoms with E-state index in [-0.39, 0.29) is 29.5 Å². The zero-order chi connectivity index (χ0) is 25.4. The third-order valence-electron chi connectivity index (χ3n) is 6.49. The van der Waals surface area contributed by atoms with Crippen LogP contribution in [0, 0.1) is 11.3 Å². The molecule has 1 fully saturated rings. The molecular formula is C26H31F3N4O2. The molecule has 188 valence electrons. The maximum absolute atomic E-state index is 12.5. The Hall–Kier alpha value is -3.23. The van der Waals surface area contributed by atoms with E-state index in [1.54, 1.807) is 0 Å². The predicted octanol–water partition coefficient (Wildman–Crippen LogP) is 6.48. The summed E-state index contributed by atoms with van der Waals surface area (Å²) in [6, 6.07) is 11.8. The normalized spacial score (nSPS) is 20.1. The molecule has 1 heterocycles. The van der Waals surface area contributed by atoms with Gasteiger partial charge in [0.1, 0.15) is 5.75 Å². The van der Waals surface area contributed by atoms with Gasteiger partial charge in [0.15, 0.2) is 0 Å². The summed E-state index contributed by atoms with van der Waals surface area (Å²) >= 11 is 0. The Balaban J connectivity index is 1.70. The average Bonchev–Trinajstić information content (AvgIpc) is 3.08. The van der Waals surface area contributed by atoms with Gasteiger partial charge in [0.25, 0.3) is 0 Å². The van der Waals surface area contributed by atoms with E-state index in [1.807, 2.05) is 18.2 Å². The average molecular weight is 489 g/mol. The Labute approximate surface area is 202 Å². The lowest BCUT2D eigenvalue weighted by Gasteiger charge is -2.40. The Bertz CT molecular complexity index is 1200. The fraction of sp³-hybridized carbons (Fsp3) is 0.462. The monoisotopic (exact) mass is 488 g/mol. The van der Waals surface area contributed by atoms with Gasteiger partial charge in [-0.3, -0.25) is 4.79 Å². The number of halogens is 3. The van der Waals surface area contributed by atoms with E-state index in [2.05, 4.69) is 35.4 Å². The number of nitrogens with two attached hydrogens (primary N) is 1. The molecule has 0 spiro atoms. The largest absolute Gasteiger partial charge is 0.573 e. The van der Waals surface area contributed by atoms with Crippen LogP contribution >= 0.6 is 0 Å². The molecule has 2 aromatic carbocycles. The lowest BCUT2D eigenvalue weighted by atomic mass is 9.70. The van der Waals surface area contributed by atoms with Crippen LogP contribution in [0.1, 0.15) is 58.1 Å². The number of ether oxygens (including phenoxy) is 1. The highest BCUT2D eigenvalue weighted by Crippen LogP contribution is 2.46. The molecule has 0 aliphatic heterocycles. The maximum atomic E-state index is 12.5. The lowest BCUT2D eigenvalue weighted by molar-refractivity contribution is -0.274. The number of benzene rings is 2. The molecule has 3 aromatic rings. The van der Waals surface area contributed by atoms with E-state index in [0.717, 1.165) is 35.9 Å². The number of imidazole rings is 1. The molecule has 0 radical (unpaired) electrons. The topological polar surface area (TPSA) is 82.2 Å². The van der Waals surface area contributed by atoms with Gasteiger partial charge in [-0.25, -0.2) is 4.98 Å². The molecule has 1 aliphatic rings. The van der Waals surface area contributed by atoms with Crippen molar-refractivity contribution in [2.75, 3.05) is 5.32 Å². The second-order valence-electron chi connectivity index (χ2n) is 10.4. The van der Waals surface area contributed by atoms with Crippen LogP contribution in [-0.2, 0) is 11.2 Å². The summed E-state index contributed by atoms with van der Waals surface area (Å²) in [7, 11) is 0. The molecule has 6 nitrogen and oxygen atoms in total. The van der Waals surface area contributed by atoms with Crippen LogP contribution in [0.3, 0.4) is 0 Å². The van der Waals surface area contributed by atoms with Crippen LogP contribution < -0.4 is 15.8 Å². The number of aryl methyl sites for hydroxylation is 1. The first kappa shape index (κ1) is 24.9. The summed E-state index contributed by atoms with van der Waals surface area (Å²) < 4.78 is 43.7. The fourth-order valence-corrected chi connectivity index (χ4v) is 5.39. The highest BCUT2D eigenvalue weighted by Gasteiger charge is 2.35. The minimum atomic E-state index is -4.74. The van der Waals surface area contributed by atoms with Gasteiger partial charge in [0.2, 0.25) is 11.9 Å². The van der Waals surface area contributed by atoms with Crippen LogP contribution in [0.2, 0.25) is 0 Å². The quantitative estimate of drug-likeness (QED) is 0.399. The molecule has 0 saturated heterocycles. The highest BCUT2D eigenvalue weighted by atomic mass is 19.4. The third kappa shape index (κ3) is 6.26. The van der Waals surface area contributed by atoms with Crippen molar-refractivity contribution in [3.05, 3.63) is 48.0 Å². The number of primary amides is 1. The fourth-order valence-electron chi connectivity index (χ4n) is 5.39. The van der Waals surface area contributed by atoms with E-state index < -0.39 is 6.36 Å². The number of aromatic nitrogens is 2. The number of rotatable bonds is 7. The summed E-state index contributed by atoms with van der Waals surface area (Å²) in [6.45, 7) is 6.83. The molecule has 9 heteroatoms. The molecule has 4 rings (SSSR count). The number of anilines is 2. The SMILES string of the molecule is C[C@H]1C[C@@H](n2c(Nc3ccc(OC(F)(F)F)cc3)nc3cc(CCC(N)=O)ccc32)CC(C)(C)C1. The maximum Gasteiger partial charge on any atom is 0.573 e. The minimum Gasteiger partial charge on any atom is -0.406 e. The zero-order valence-corrected chi connectivity index (χ0v) is 20.2.